The molecule has 33 heavy (non-hydrogen) atoms. The van der Waals surface area contributed by atoms with Gasteiger partial charge in [-0.1, -0.05) is 36.6 Å². The van der Waals surface area contributed by atoms with Crippen LogP contribution in [0.5, 0.6) is 0 Å². The van der Waals surface area contributed by atoms with Crippen LogP contribution in [0.1, 0.15) is 58.9 Å². The molecule has 1 N–H and O–H groups in total. The van der Waals surface area contributed by atoms with Crippen molar-refractivity contribution in [3.63, 3.8) is 0 Å². The minimum Gasteiger partial charge on any atom is -0.351 e. The zero-order chi connectivity index (χ0) is 23.4. The Labute approximate surface area is 199 Å². The Morgan fingerprint density at radius 2 is 1.76 bits per heavy atom. The highest BCUT2D eigenvalue weighted by atomic mass is 32.1. The fourth-order valence-corrected chi connectivity index (χ4v) is 5.61. The number of nitrogens with zero attached hydrogens (tertiary/aromatic N) is 2. The van der Waals surface area contributed by atoms with Crippen molar-refractivity contribution >= 4 is 28.8 Å². The average molecular weight is 462 g/mol. The molecule has 172 valence electrons. The monoisotopic (exact) mass is 461 g/mol. The third-order valence-electron chi connectivity index (χ3n) is 6.28. The van der Waals surface area contributed by atoms with Crippen LogP contribution >= 0.6 is 11.3 Å². The van der Waals surface area contributed by atoms with Gasteiger partial charge in [-0.25, -0.2) is 0 Å². The van der Waals surface area contributed by atoms with E-state index in [9.17, 15) is 9.59 Å². The third-order valence-corrected chi connectivity index (χ3v) is 7.16. The van der Waals surface area contributed by atoms with E-state index in [1.807, 2.05) is 43.5 Å². The molecule has 1 aromatic carbocycles. The molecule has 1 fully saturated rings. The molecular formula is C27H31N3O2S. The Hall–Kier alpha value is -2.99. The molecule has 0 aliphatic heterocycles. The number of thiophene rings is 1. The average Bonchev–Trinajstić information content (AvgIpc) is 3.47. The van der Waals surface area contributed by atoms with Crippen LogP contribution in [0, 0.1) is 20.8 Å². The fourth-order valence-electron chi connectivity index (χ4n) is 4.91. The van der Waals surface area contributed by atoms with E-state index >= 15 is 0 Å². The molecule has 3 aromatic rings. The Morgan fingerprint density at radius 3 is 2.36 bits per heavy atom. The van der Waals surface area contributed by atoms with Crippen molar-refractivity contribution in [2.24, 2.45) is 0 Å². The number of anilines is 1. The number of benzene rings is 1. The fraction of sp³-hybridized carbons (Fsp3) is 0.370. The second kappa shape index (κ2) is 10.3. The van der Waals surface area contributed by atoms with E-state index in [4.69, 9.17) is 0 Å². The molecule has 2 heterocycles. The van der Waals surface area contributed by atoms with Gasteiger partial charge < -0.3 is 5.32 Å². The molecule has 0 radical (unpaired) electrons. The highest BCUT2D eigenvalue weighted by Gasteiger charge is 2.35. The van der Waals surface area contributed by atoms with E-state index in [0.717, 1.165) is 58.5 Å². The Morgan fingerprint density at radius 1 is 1.09 bits per heavy atom. The molecule has 2 amide bonds. The van der Waals surface area contributed by atoms with Crippen molar-refractivity contribution in [2.45, 2.75) is 65.0 Å². The van der Waals surface area contributed by atoms with E-state index in [1.54, 1.807) is 28.6 Å². The van der Waals surface area contributed by atoms with Crippen LogP contribution in [0.3, 0.4) is 0 Å². The van der Waals surface area contributed by atoms with Crippen LogP contribution in [0.15, 0.2) is 54.2 Å². The van der Waals surface area contributed by atoms with Gasteiger partial charge in [0.25, 0.3) is 0 Å². The maximum Gasteiger partial charge on any atom is 0.248 e. The number of aryl methyl sites for hydroxylation is 3. The summed E-state index contributed by atoms with van der Waals surface area (Å²) >= 11 is 1.56. The number of hydrogen-bond acceptors (Lipinski definition) is 4. The molecule has 1 saturated carbocycles. The van der Waals surface area contributed by atoms with Crippen LogP contribution in [0.4, 0.5) is 5.69 Å². The summed E-state index contributed by atoms with van der Waals surface area (Å²) in [6.07, 6.45) is 7.85. The largest absolute Gasteiger partial charge is 0.351 e. The predicted molar refractivity (Wildman–Crippen MR) is 134 cm³/mol. The highest BCUT2D eigenvalue weighted by molar-refractivity contribution is 7.10. The van der Waals surface area contributed by atoms with Crippen molar-refractivity contribution in [2.75, 3.05) is 4.90 Å². The molecule has 0 saturated heterocycles. The van der Waals surface area contributed by atoms with Crippen LogP contribution < -0.4 is 10.2 Å². The van der Waals surface area contributed by atoms with E-state index in [2.05, 4.69) is 29.4 Å². The maximum absolute atomic E-state index is 13.9. The quantitative estimate of drug-likeness (QED) is 0.509. The number of aromatic nitrogens is 1. The van der Waals surface area contributed by atoms with Crippen LogP contribution in [-0.2, 0) is 16.0 Å². The Bertz CT molecular complexity index is 1080. The molecule has 1 aliphatic carbocycles. The topological polar surface area (TPSA) is 62.3 Å². The smallest absolute Gasteiger partial charge is 0.248 e. The van der Waals surface area contributed by atoms with E-state index in [0.29, 0.717) is 0 Å². The van der Waals surface area contributed by atoms with Gasteiger partial charge in [-0.2, -0.15) is 0 Å². The molecule has 4 rings (SSSR count). The molecule has 0 unspecified atom stereocenters. The molecule has 0 spiro atoms. The molecule has 2 aromatic heterocycles. The third kappa shape index (κ3) is 5.33. The van der Waals surface area contributed by atoms with Gasteiger partial charge in [0.05, 0.1) is 12.1 Å². The predicted octanol–water partition coefficient (Wildman–Crippen LogP) is 5.44. The van der Waals surface area contributed by atoms with Crippen molar-refractivity contribution < 1.29 is 9.59 Å². The summed E-state index contributed by atoms with van der Waals surface area (Å²) in [7, 11) is 0. The molecular weight excluding hydrogens is 430 g/mol. The number of carbonyl (C=O) groups is 2. The lowest BCUT2D eigenvalue weighted by molar-refractivity contribution is -0.127. The van der Waals surface area contributed by atoms with Crippen molar-refractivity contribution in [1.82, 2.24) is 10.3 Å². The summed E-state index contributed by atoms with van der Waals surface area (Å²) < 4.78 is 0. The first-order chi connectivity index (χ1) is 15.9. The lowest BCUT2D eigenvalue weighted by atomic mass is 9.98. The van der Waals surface area contributed by atoms with E-state index in [1.165, 1.54) is 0 Å². The molecule has 1 atom stereocenters. The van der Waals surface area contributed by atoms with Crippen LogP contribution in [-0.4, -0.2) is 22.8 Å². The SMILES string of the molecule is Cc1cc(C)c(N(C(=O)Cc2cccs2)[C@@H](C(=O)NC2CCCC2)c2ccncc2)c(C)c1. The zero-order valence-electron chi connectivity index (χ0n) is 19.5. The van der Waals surface area contributed by atoms with Crippen LogP contribution in [0.25, 0.3) is 0 Å². The molecule has 0 bridgehead atoms. The summed E-state index contributed by atoms with van der Waals surface area (Å²) in [6, 6.07) is 11.1. The van der Waals surface area contributed by atoms with Crippen molar-refractivity contribution in [3.05, 3.63) is 81.3 Å². The zero-order valence-corrected chi connectivity index (χ0v) is 20.3. The summed E-state index contributed by atoms with van der Waals surface area (Å²) in [4.78, 5) is 34.5. The van der Waals surface area contributed by atoms with Gasteiger partial charge >= 0.3 is 0 Å². The van der Waals surface area contributed by atoms with Crippen molar-refractivity contribution in [3.8, 4) is 0 Å². The lowest BCUT2D eigenvalue weighted by Gasteiger charge is -2.34. The van der Waals surface area contributed by atoms with Gasteiger partial charge in [0.2, 0.25) is 11.8 Å². The first-order valence-corrected chi connectivity index (χ1v) is 12.4. The number of nitrogens with one attached hydrogen (secondary N) is 1. The van der Waals surface area contributed by atoms with Gasteiger partial charge in [0.1, 0.15) is 6.04 Å². The number of amides is 2. The maximum atomic E-state index is 13.9. The van der Waals surface area contributed by atoms with Gasteiger partial charge in [0.15, 0.2) is 0 Å². The summed E-state index contributed by atoms with van der Waals surface area (Å²) in [5.41, 5.74) is 4.68. The second-order valence-electron chi connectivity index (χ2n) is 8.94. The minimum atomic E-state index is -0.763. The summed E-state index contributed by atoms with van der Waals surface area (Å²) in [6.45, 7) is 6.08. The van der Waals surface area contributed by atoms with E-state index < -0.39 is 6.04 Å². The lowest BCUT2D eigenvalue weighted by Crippen LogP contribution is -2.47. The van der Waals surface area contributed by atoms with Gasteiger partial charge in [-0.3, -0.25) is 19.5 Å². The molecule has 1 aliphatic rings. The first kappa shape index (κ1) is 23.2. The molecule has 5 nitrogen and oxygen atoms in total. The number of carbonyl (C=O) groups excluding carboxylic acids is 2. The van der Waals surface area contributed by atoms with Gasteiger partial charge in [-0.05, 0) is 73.9 Å². The molecule has 6 heteroatoms. The summed E-state index contributed by atoms with van der Waals surface area (Å²) in [5.74, 6) is -0.220. The van der Waals surface area contributed by atoms with Gasteiger partial charge in [0, 0.05) is 23.3 Å². The second-order valence-corrected chi connectivity index (χ2v) is 9.97. The minimum absolute atomic E-state index is 0.0871. The highest BCUT2D eigenvalue weighted by Crippen LogP contribution is 2.35. The number of rotatable bonds is 7. The summed E-state index contributed by atoms with van der Waals surface area (Å²) in [5, 5.41) is 5.22. The van der Waals surface area contributed by atoms with E-state index in [-0.39, 0.29) is 24.3 Å². The Balaban J connectivity index is 1.82. The van der Waals surface area contributed by atoms with Gasteiger partial charge in [-0.15, -0.1) is 11.3 Å². The number of pyridine rings is 1. The number of hydrogen-bond donors (Lipinski definition) is 1. The first-order valence-electron chi connectivity index (χ1n) is 11.6. The van der Waals surface area contributed by atoms with Crippen LogP contribution in [0.2, 0.25) is 0 Å². The standard InChI is InChI=1S/C27H31N3O2S/c1-18-15-19(2)25(20(3)16-18)30(24(31)17-23-9-6-14-33-23)26(21-10-12-28-13-11-21)27(32)29-22-7-4-5-8-22/h6,9-16,22,26H,4-5,7-8,17H2,1-3H3,(H,29,32)/t26-/m1/s1. The van der Waals surface area contributed by atoms with Crippen molar-refractivity contribution in [1.29, 1.82) is 0 Å². The Kier molecular flexibility index (Phi) is 7.23. The normalized spacial score (nSPS) is 14.8.